The summed E-state index contributed by atoms with van der Waals surface area (Å²) in [5, 5.41) is 0. The molecular formula is C47H86O6. The molecular weight excluding hydrogens is 661 g/mol. The van der Waals surface area contributed by atoms with Crippen LogP contribution in [0.1, 0.15) is 239 Å². The second kappa shape index (κ2) is 42.6. The standard InChI is InChI=1S/C47H86O6/c1-4-7-10-13-16-19-21-23-24-25-27-28-31-34-37-40-46(49)52-43-44(42-51-45(48)39-36-33-30-18-15-12-9-6-3)53-47(50)41-38-35-32-29-26-22-20-17-14-11-8-5-2/h17,20,23-24,44H,4-16,18-19,21-22,25-43H2,1-3H3/b20-17-,24-23-. The van der Waals surface area contributed by atoms with Crippen LogP contribution in [0.4, 0.5) is 0 Å². The van der Waals surface area contributed by atoms with Crippen LogP contribution in [-0.4, -0.2) is 37.2 Å². The van der Waals surface area contributed by atoms with Gasteiger partial charge in [0.1, 0.15) is 13.2 Å². The van der Waals surface area contributed by atoms with Crippen molar-refractivity contribution in [1.29, 1.82) is 0 Å². The van der Waals surface area contributed by atoms with Gasteiger partial charge >= 0.3 is 17.9 Å². The maximum absolute atomic E-state index is 12.7. The second-order valence-electron chi connectivity index (χ2n) is 15.3. The number of hydrogen-bond acceptors (Lipinski definition) is 6. The van der Waals surface area contributed by atoms with Crippen molar-refractivity contribution >= 4 is 17.9 Å². The quantitative estimate of drug-likeness (QED) is 0.0268. The Labute approximate surface area is 328 Å². The summed E-state index contributed by atoms with van der Waals surface area (Å²) in [6.45, 7) is 6.56. The summed E-state index contributed by atoms with van der Waals surface area (Å²) >= 11 is 0. The Hall–Kier alpha value is -2.11. The van der Waals surface area contributed by atoms with E-state index in [-0.39, 0.29) is 31.1 Å². The van der Waals surface area contributed by atoms with Gasteiger partial charge in [-0.05, 0) is 70.6 Å². The highest BCUT2D eigenvalue weighted by Gasteiger charge is 2.19. The van der Waals surface area contributed by atoms with Gasteiger partial charge in [0.05, 0.1) is 0 Å². The largest absolute Gasteiger partial charge is 0.462 e. The van der Waals surface area contributed by atoms with Crippen molar-refractivity contribution in [1.82, 2.24) is 0 Å². The SMILES string of the molecule is CCCCC/C=C\CCCCCCCC(=O)OC(COC(=O)CCCCCCC/C=C\CCCCCCCC)COC(=O)CCCCCCCCCC. The van der Waals surface area contributed by atoms with E-state index in [2.05, 4.69) is 45.1 Å². The smallest absolute Gasteiger partial charge is 0.306 e. The van der Waals surface area contributed by atoms with Crippen LogP contribution in [0.3, 0.4) is 0 Å². The van der Waals surface area contributed by atoms with E-state index < -0.39 is 6.10 Å². The fraction of sp³-hybridized carbons (Fsp3) is 0.851. The van der Waals surface area contributed by atoms with Crippen LogP contribution >= 0.6 is 0 Å². The first-order valence-electron chi connectivity index (χ1n) is 22.8. The van der Waals surface area contributed by atoms with Crippen molar-refractivity contribution in [3.05, 3.63) is 24.3 Å². The molecule has 0 saturated carbocycles. The summed E-state index contributed by atoms with van der Waals surface area (Å²) in [7, 11) is 0. The van der Waals surface area contributed by atoms with Crippen LogP contribution < -0.4 is 0 Å². The number of esters is 3. The zero-order valence-electron chi connectivity index (χ0n) is 35.3. The molecule has 0 heterocycles. The number of allylic oxidation sites excluding steroid dienone is 4. The molecule has 0 spiro atoms. The number of unbranched alkanes of at least 4 members (excludes halogenated alkanes) is 26. The van der Waals surface area contributed by atoms with E-state index in [1.54, 1.807) is 0 Å². The zero-order chi connectivity index (χ0) is 38.7. The average molecular weight is 747 g/mol. The minimum Gasteiger partial charge on any atom is -0.462 e. The molecule has 0 rings (SSSR count). The van der Waals surface area contributed by atoms with Crippen molar-refractivity contribution in [2.24, 2.45) is 0 Å². The summed E-state index contributed by atoms with van der Waals surface area (Å²) in [6, 6.07) is 0. The topological polar surface area (TPSA) is 78.9 Å². The zero-order valence-corrected chi connectivity index (χ0v) is 35.3. The molecule has 0 saturated heterocycles. The first-order chi connectivity index (χ1) is 26.0. The number of carbonyl (C=O) groups is 3. The Morgan fingerprint density at radius 3 is 0.981 bits per heavy atom. The molecule has 0 radical (unpaired) electrons. The van der Waals surface area contributed by atoms with Crippen molar-refractivity contribution in [2.75, 3.05) is 13.2 Å². The van der Waals surface area contributed by atoms with Gasteiger partial charge in [0, 0.05) is 19.3 Å². The molecule has 6 nitrogen and oxygen atoms in total. The van der Waals surface area contributed by atoms with Crippen molar-refractivity contribution in [2.45, 2.75) is 245 Å². The monoisotopic (exact) mass is 747 g/mol. The molecule has 0 aliphatic heterocycles. The lowest BCUT2D eigenvalue weighted by Gasteiger charge is -2.18. The molecule has 0 amide bonds. The molecule has 0 N–H and O–H groups in total. The number of rotatable bonds is 41. The molecule has 0 aromatic heterocycles. The van der Waals surface area contributed by atoms with Crippen LogP contribution in [0.5, 0.6) is 0 Å². The van der Waals surface area contributed by atoms with Gasteiger partial charge in [-0.2, -0.15) is 0 Å². The minimum absolute atomic E-state index is 0.0752. The lowest BCUT2D eigenvalue weighted by atomic mass is 10.1. The Morgan fingerprint density at radius 1 is 0.358 bits per heavy atom. The third-order valence-electron chi connectivity index (χ3n) is 9.93. The lowest BCUT2D eigenvalue weighted by Crippen LogP contribution is -2.30. The molecule has 53 heavy (non-hydrogen) atoms. The van der Waals surface area contributed by atoms with Gasteiger partial charge in [-0.1, -0.05) is 173 Å². The van der Waals surface area contributed by atoms with Gasteiger partial charge in [-0.3, -0.25) is 14.4 Å². The van der Waals surface area contributed by atoms with Crippen LogP contribution in [0.15, 0.2) is 24.3 Å². The fourth-order valence-corrected chi connectivity index (χ4v) is 6.43. The molecule has 0 aromatic carbocycles. The van der Waals surface area contributed by atoms with Gasteiger partial charge in [-0.25, -0.2) is 0 Å². The van der Waals surface area contributed by atoms with E-state index in [0.29, 0.717) is 19.3 Å². The molecule has 0 aromatic rings. The van der Waals surface area contributed by atoms with E-state index in [0.717, 1.165) is 70.6 Å². The van der Waals surface area contributed by atoms with E-state index in [4.69, 9.17) is 14.2 Å². The van der Waals surface area contributed by atoms with Crippen LogP contribution in [0, 0.1) is 0 Å². The molecule has 6 heteroatoms. The number of ether oxygens (including phenoxy) is 3. The first kappa shape index (κ1) is 50.9. The lowest BCUT2D eigenvalue weighted by molar-refractivity contribution is -0.167. The van der Waals surface area contributed by atoms with Gasteiger partial charge in [0.15, 0.2) is 6.10 Å². The Morgan fingerprint density at radius 2 is 0.623 bits per heavy atom. The third-order valence-corrected chi connectivity index (χ3v) is 9.93. The molecule has 0 aliphatic carbocycles. The highest BCUT2D eigenvalue weighted by molar-refractivity contribution is 5.71. The average Bonchev–Trinajstić information content (AvgIpc) is 3.15. The predicted octanol–water partition coefficient (Wildman–Crippen LogP) is 14.4. The highest BCUT2D eigenvalue weighted by atomic mass is 16.6. The molecule has 0 fully saturated rings. The summed E-state index contributed by atoms with van der Waals surface area (Å²) < 4.78 is 16.7. The summed E-state index contributed by atoms with van der Waals surface area (Å²) in [4.78, 5) is 37.6. The third kappa shape index (κ3) is 40.9. The van der Waals surface area contributed by atoms with Gasteiger partial charge < -0.3 is 14.2 Å². The fourth-order valence-electron chi connectivity index (χ4n) is 6.43. The van der Waals surface area contributed by atoms with Gasteiger partial charge in [0.2, 0.25) is 0 Å². The van der Waals surface area contributed by atoms with Crippen molar-refractivity contribution in [3.63, 3.8) is 0 Å². The van der Waals surface area contributed by atoms with E-state index in [1.807, 2.05) is 0 Å². The van der Waals surface area contributed by atoms with E-state index >= 15 is 0 Å². The van der Waals surface area contributed by atoms with Gasteiger partial charge in [-0.15, -0.1) is 0 Å². The predicted molar refractivity (Wildman–Crippen MR) is 224 cm³/mol. The molecule has 1 unspecified atom stereocenters. The molecule has 1 atom stereocenters. The van der Waals surface area contributed by atoms with E-state index in [9.17, 15) is 14.4 Å². The Balaban J connectivity index is 4.33. The van der Waals surface area contributed by atoms with Crippen molar-refractivity contribution in [3.8, 4) is 0 Å². The normalized spacial score (nSPS) is 12.1. The molecule has 0 bridgehead atoms. The van der Waals surface area contributed by atoms with E-state index in [1.165, 1.54) is 128 Å². The summed E-state index contributed by atoms with van der Waals surface area (Å²) in [5.74, 6) is -0.894. The maximum Gasteiger partial charge on any atom is 0.306 e. The summed E-state index contributed by atoms with van der Waals surface area (Å²) in [6.07, 6.45) is 45.9. The van der Waals surface area contributed by atoms with Crippen LogP contribution in [0.25, 0.3) is 0 Å². The Kier molecular flexibility index (Phi) is 40.9. The van der Waals surface area contributed by atoms with Crippen LogP contribution in [0.2, 0.25) is 0 Å². The Bertz CT molecular complexity index is 865. The van der Waals surface area contributed by atoms with Crippen molar-refractivity contribution < 1.29 is 28.6 Å². The number of hydrogen-bond donors (Lipinski definition) is 0. The highest BCUT2D eigenvalue weighted by Crippen LogP contribution is 2.14. The first-order valence-corrected chi connectivity index (χ1v) is 22.8. The maximum atomic E-state index is 12.7. The molecule has 310 valence electrons. The second-order valence-corrected chi connectivity index (χ2v) is 15.3. The number of carbonyl (C=O) groups excluding carboxylic acids is 3. The summed E-state index contributed by atoms with van der Waals surface area (Å²) in [5.41, 5.74) is 0. The van der Waals surface area contributed by atoms with Crippen LogP contribution in [-0.2, 0) is 28.6 Å². The molecule has 0 aliphatic rings. The van der Waals surface area contributed by atoms with Gasteiger partial charge in [0.25, 0.3) is 0 Å². The minimum atomic E-state index is -0.771.